The van der Waals surface area contributed by atoms with Crippen molar-refractivity contribution in [2.24, 2.45) is 5.41 Å². The zero-order chi connectivity index (χ0) is 18.3. The molecule has 2 aliphatic rings. The first-order chi connectivity index (χ1) is 12.5. The Morgan fingerprint density at radius 3 is 2.35 bits per heavy atom. The summed E-state index contributed by atoms with van der Waals surface area (Å²) in [6.07, 6.45) is 5.36. The third kappa shape index (κ3) is 3.24. The molecule has 0 bridgehead atoms. The number of hydrogen-bond acceptors (Lipinski definition) is 3. The molecule has 1 N–H and O–H groups in total. The van der Waals surface area contributed by atoms with Gasteiger partial charge < -0.3 is 14.9 Å². The van der Waals surface area contributed by atoms with E-state index in [1.165, 1.54) is 5.56 Å². The van der Waals surface area contributed by atoms with E-state index in [0.717, 1.165) is 43.4 Å². The Hall–Kier alpha value is -1.55. The zero-order valence-electron chi connectivity index (χ0n) is 14.6. The predicted molar refractivity (Wildman–Crippen MR) is 105 cm³/mol. The molecule has 1 saturated carbocycles. The van der Waals surface area contributed by atoms with Crippen molar-refractivity contribution in [1.29, 1.82) is 5.41 Å². The summed E-state index contributed by atoms with van der Waals surface area (Å²) < 4.78 is 11.4. The average molecular weight is 390 g/mol. The van der Waals surface area contributed by atoms with E-state index < -0.39 is 0 Å². The van der Waals surface area contributed by atoms with Crippen molar-refractivity contribution in [3.8, 4) is 11.5 Å². The summed E-state index contributed by atoms with van der Waals surface area (Å²) in [5.41, 5.74) is 2.96. The Bertz CT molecular complexity index is 837. The number of nitrogens with one attached hydrogen (secondary N) is 1. The minimum Gasteiger partial charge on any atom is -0.457 e. The third-order valence-corrected chi connectivity index (χ3v) is 6.14. The van der Waals surface area contributed by atoms with Crippen LogP contribution in [-0.2, 0) is 11.2 Å². The van der Waals surface area contributed by atoms with Crippen LogP contribution in [0.1, 0.15) is 36.8 Å². The number of hydrogen-bond donors (Lipinski definition) is 1. The third-order valence-electron chi connectivity index (χ3n) is 5.70. The number of fused-ring (bicyclic) bond motifs is 1. The van der Waals surface area contributed by atoms with E-state index in [2.05, 4.69) is 6.07 Å². The van der Waals surface area contributed by atoms with E-state index in [4.69, 9.17) is 38.1 Å². The molecule has 0 aliphatic heterocycles. The Morgan fingerprint density at radius 2 is 1.69 bits per heavy atom. The fourth-order valence-corrected chi connectivity index (χ4v) is 4.78. The average Bonchev–Trinajstić information content (AvgIpc) is 2.87. The minimum absolute atomic E-state index is 0.0324. The maximum Gasteiger partial charge on any atom is 0.130 e. The molecule has 0 heterocycles. The van der Waals surface area contributed by atoms with Gasteiger partial charge in [0.25, 0.3) is 0 Å². The monoisotopic (exact) mass is 389 g/mol. The lowest BCUT2D eigenvalue weighted by Crippen LogP contribution is -2.35. The topological polar surface area (TPSA) is 42.3 Å². The van der Waals surface area contributed by atoms with Gasteiger partial charge in [-0.2, -0.15) is 0 Å². The van der Waals surface area contributed by atoms with Crippen LogP contribution in [0, 0.1) is 10.8 Å². The molecule has 136 valence electrons. The smallest absolute Gasteiger partial charge is 0.130 e. The first-order valence-electron chi connectivity index (χ1n) is 8.88. The second-order valence-electron chi connectivity index (χ2n) is 7.29. The highest BCUT2D eigenvalue weighted by Crippen LogP contribution is 2.48. The van der Waals surface area contributed by atoms with Crippen molar-refractivity contribution >= 4 is 28.9 Å². The lowest BCUT2D eigenvalue weighted by Gasteiger charge is -2.36. The van der Waals surface area contributed by atoms with Crippen molar-refractivity contribution < 1.29 is 9.47 Å². The number of rotatable bonds is 3. The van der Waals surface area contributed by atoms with Crippen LogP contribution in [0.25, 0.3) is 0 Å². The van der Waals surface area contributed by atoms with Gasteiger partial charge in [0.05, 0.1) is 6.10 Å². The fourth-order valence-electron chi connectivity index (χ4n) is 4.27. The Morgan fingerprint density at radius 1 is 1.00 bits per heavy atom. The molecular formula is C21H21Cl2NO2. The van der Waals surface area contributed by atoms with Crippen molar-refractivity contribution in [3.05, 3.63) is 57.6 Å². The Balaban J connectivity index is 1.57. The summed E-state index contributed by atoms with van der Waals surface area (Å²) in [7, 11) is 1.78. The van der Waals surface area contributed by atoms with Gasteiger partial charge in [-0.25, -0.2) is 0 Å². The van der Waals surface area contributed by atoms with Gasteiger partial charge in [0.1, 0.15) is 11.5 Å². The molecule has 0 radical (unpaired) electrons. The van der Waals surface area contributed by atoms with Crippen LogP contribution in [0.2, 0.25) is 10.0 Å². The van der Waals surface area contributed by atoms with Gasteiger partial charge in [-0.15, -0.1) is 0 Å². The molecule has 2 aromatic rings. The van der Waals surface area contributed by atoms with E-state index in [1.54, 1.807) is 25.3 Å². The summed E-state index contributed by atoms with van der Waals surface area (Å²) in [6.45, 7) is 0. The van der Waals surface area contributed by atoms with E-state index in [-0.39, 0.29) is 5.41 Å². The van der Waals surface area contributed by atoms with E-state index in [1.807, 2.05) is 12.1 Å². The summed E-state index contributed by atoms with van der Waals surface area (Å²) >= 11 is 12.1. The molecule has 0 amide bonds. The second kappa shape index (κ2) is 6.88. The highest BCUT2D eigenvalue weighted by molar-refractivity contribution is 6.34. The van der Waals surface area contributed by atoms with Crippen LogP contribution in [0.4, 0.5) is 0 Å². The minimum atomic E-state index is -0.0324. The van der Waals surface area contributed by atoms with Gasteiger partial charge in [0.15, 0.2) is 0 Å². The maximum atomic E-state index is 8.80. The van der Waals surface area contributed by atoms with Crippen molar-refractivity contribution in [1.82, 2.24) is 0 Å². The largest absolute Gasteiger partial charge is 0.457 e. The molecule has 2 aromatic carbocycles. The molecule has 0 atom stereocenters. The zero-order valence-corrected chi connectivity index (χ0v) is 16.2. The fraction of sp³-hybridized carbons (Fsp3) is 0.381. The van der Waals surface area contributed by atoms with Gasteiger partial charge >= 0.3 is 0 Å². The molecule has 2 aliphatic carbocycles. The highest BCUT2D eigenvalue weighted by Gasteiger charge is 2.44. The van der Waals surface area contributed by atoms with Crippen LogP contribution in [0.15, 0.2) is 36.4 Å². The van der Waals surface area contributed by atoms with Gasteiger partial charge in [-0.05, 0) is 68.0 Å². The van der Waals surface area contributed by atoms with Crippen molar-refractivity contribution in [2.45, 2.75) is 38.2 Å². The van der Waals surface area contributed by atoms with Crippen molar-refractivity contribution in [2.75, 3.05) is 7.11 Å². The molecule has 4 rings (SSSR count). The van der Waals surface area contributed by atoms with Crippen LogP contribution in [0.3, 0.4) is 0 Å². The molecule has 1 spiro atoms. The standard InChI is InChI=1S/C21H21Cl2NO2/c1-25-16-4-6-21(7-5-16)12-13-2-3-17(11-19(13)20(21)24)26-18-9-14(22)8-15(23)10-18/h2-3,8-11,16,24H,4-7,12H2,1H3. The predicted octanol–water partition coefficient (Wildman–Crippen LogP) is 6.29. The van der Waals surface area contributed by atoms with E-state index in [0.29, 0.717) is 27.6 Å². The first-order valence-corrected chi connectivity index (χ1v) is 9.64. The lowest BCUT2D eigenvalue weighted by atomic mass is 9.70. The number of halogens is 2. The van der Waals surface area contributed by atoms with Crippen LogP contribution in [0.5, 0.6) is 11.5 Å². The molecule has 1 fully saturated rings. The van der Waals surface area contributed by atoms with Crippen molar-refractivity contribution in [3.63, 3.8) is 0 Å². The number of methoxy groups -OCH3 is 1. The molecular weight excluding hydrogens is 369 g/mol. The van der Waals surface area contributed by atoms with Gasteiger partial charge in [0, 0.05) is 33.8 Å². The summed E-state index contributed by atoms with van der Waals surface area (Å²) in [6, 6.07) is 11.2. The SMILES string of the molecule is COC1CCC2(CC1)Cc1ccc(Oc3cc(Cl)cc(Cl)c3)cc1C2=N. The molecule has 3 nitrogen and oxygen atoms in total. The first kappa shape index (κ1) is 17.8. The number of benzene rings is 2. The van der Waals surface area contributed by atoms with Gasteiger partial charge in [-0.3, -0.25) is 0 Å². The van der Waals surface area contributed by atoms with Gasteiger partial charge in [0.2, 0.25) is 0 Å². The summed E-state index contributed by atoms with van der Waals surface area (Å²) in [5.74, 6) is 1.30. The van der Waals surface area contributed by atoms with E-state index in [9.17, 15) is 0 Å². The molecule has 26 heavy (non-hydrogen) atoms. The quantitative estimate of drug-likeness (QED) is 0.670. The Kier molecular flexibility index (Phi) is 4.72. The maximum absolute atomic E-state index is 8.80. The lowest BCUT2D eigenvalue weighted by molar-refractivity contribution is 0.0467. The van der Waals surface area contributed by atoms with Crippen LogP contribution < -0.4 is 4.74 Å². The molecule has 0 unspecified atom stereocenters. The van der Waals surface area contributed by atoms with E-state index >= 15 is 0 Å². The molecule has 0 aromatic heterocycles. The molecule has 0 saturated heterocycles. The van der Waals surface area contributed by atoms with Crippen LogP contribution >= 0.6 is 23.2 Å². The normalized spacial score (nSPS) is 24.7. The highest BCUT2D eigenvalue weighted by atomic mass is 35.5. The summed E-state index contributed by atoms with van der Waals surface area (Å²) in [4.78, 5) is 0. The van der Waals surface area contributed by atoms with Gasteiger partial charge in [-0.1, -0.05) is 29.3 Å². The summed E-state index contributed by atoms with van der Waals surface area (Å²) in [5, 5.41) is 9.88. The van der Waals surface area contributed by atoms with Crippen LogP contribution in [-0.4, -0.2) is 18.9 Å². The Labute approximate surface area is 163 Å². The second-order valence-corrected chi connectivity index (χ2v) is 8.17. The number of ether oxygens (including phenoxy) is 2. The molecule has 5 heteroatoms.